The lowest BCUT2D eigenvalue weighted by molar-refractivity contribution is 0.0281. The second kappa shape index (κ2) is 8.01. The number of nitrogens with zero attached hydrogens (tertiary/aromatic N) is 2. The Labute approximate surface area is 163 Å². The standard InChI is InChI=1S/C21H29N3O2Si/c1-21(2,3)26-20(25)24(4)15-19-22-14-18(23-19)17-10-8-16(9-11-17)12-13-27(5,6)7/h8-11,14H,15H2,1-7H3,(H,22,23). The number of rotatable bonds is 3. The summed E-state index contributed by atoms with van der Waals surface area (Å²) in [6.07, 6.45) is 1.41. The molecule has 6 heteroatoms. The number of carbonyl (C=O) groups excluding carboxylic acids is 1. The van der Waals surface area contributed by atoms with E-state index < -0.39 is 13.7 Å². The molecule has 0 fully saturated rings. The largest absolute Gasteiger partial charge is 0.444 e. The molecule has 0 radical (unpaired) electrons. The predicted molar refractivity (Wildman–Crippen MR) is 112 cm³/mol. The topological polar surface area (TPSA) is 58.2 Å². The van der Waals surface area contributed by atoms with Crippen LogP contribution in [0.2, 0.25) is 19.6 Å². The van der Waals surface area contributed by atoms with Gasteiger partial charge in [-0.2, -0.15) is 0 Å². The number of H-pyrrole nitrogens is 1. The van der Waals surface area contributed by atoms with Crippen molar-refractivity contribution in [2.45, 2.75) is 52.6 Å². The van der Waals surface area contributed by atoms with E-state index in [4.69, 9.17) is 4.74 Å². The van der Waals surface area contributed by atoms with Gasteiger partial charge >= 0.3 is 6.09 Å². The summed E-state index contributed by atoms with van der Waals surface area (Å²) in [5.41, 5.74) is 5.82. The molecule has 2 aromatic rings. The quantitative estimate of drug-likeness (QED) is 0.619. The fourth-order valence-corrected chi connectivity index (χ4v) is 2.73. The number of imidazole rings is 1. The summed E-state index contributed by atoms with van der Waals surface area (Å²) in [5.74, 6) is 3.96. The van der Waals surface area contributed by atoms with Crippen LogP contribution in [0, 0.1) is 11.5 Å². The molecular formula is C21H29N3O2Si. The van der Waals surface area contributed by atoms with Crippen molar-refractivity contribution in [1.29, 1.82) is 0 Å². The molecule has 0 bridgehead atoms. The van der Waals surface area contributed by atoms with Crippen LogP contribution in [0.15, 0.2) is 30.5 Å². The first-order chi connectivity index (χ1) is 12.4. The number of hydrogen-bond acceptors (Lipinski definition) is 3. The first-order valence-electron chi connectivity index (χ1n) is 9.04. The molecule has 27 heavy (non-hydrogen) atoms. The molecule has 0 saturated carbocycles. The Balaban J connectivity index is 2.05. The van der Waals surface area contributed by atoms with Gasteiger partial charge in [-0.3, -0.25) is 0 Å². The van der Waals surface area contributed by atoms with Gasteiger partial charge in [0.05, 0.1) is 18.4 Å². The molecule has 1 aromatic heterocycles. The lowest BCUT2D eigenvalue weighted by Gasteiger charge is -2.24. The fourth-order valence-electron chi connectivity index (χ4n) is 2.21. The van der Waals surface area contributed by atoms with Crippen molar-refractivity contribution < 1.29 is 9.53 Å². The Bertz CT molecular complexity index is 847. The maximum absolute atomic E-state index is 12.1. The van der Waals surface area contributed by atoms with Gasteiger partial charge in [0.2, 0.25) is 0 Å². The van der Waals surface area contributed by atoms with E-state index in [1.54, 1.807) is 13.2 Å². The van der Waals surface area contributed by atoms with Crippen LogP contribution >= 0.6 is 0 Å². The number of amides is 1. The summed E-state index contributed by atoms with van der Waals surface area (Å²) >= 11 is 0. The van der Waals surface area contributed by atoms with Crippen molar-refractivity contribution in [3.8, 4) is 22.7 Å². The predicted octanol–water partition coefficient (Wildman–Crippen LogP) is 4.67. The highest BCUT2D eigenvalue weighted by molar-refractivity contribution is 6.83. The Morgan fingerprint density at radius 1 is 1.22 bits per heavy atom. The highest BCUT2D eigenvalue weighted by Gasteiger charge is 2.20. The monoisotopic (exact) mass is 383 g/mol. The van der Waals surface area contributed by atoms with E-state index in [9.17, 15) is 4.79 Å². The minimum atomic E-state index is -1.37. The Morgan fingerprint density at radius 2 is 1.85 bits per heavy atom. The lowest BCUT2D eigenvalue weighted by Crippen LogP contribution is -2.34. The Kier molecular flexibility index (Phi) is 6.17. The van der Waals surface area contributed by atoms with E-state index in [2.05, 4.69) is 41.1 Å². The number of aromatic amines is 1. The van der Waals surface area contributed by atoms with Gasteiger partial charge in [0, 0.05) is 12.6 Å². The number of aromatic nitrogens is 2. The molecule has 1 aromatic carbocycles. The van der Waals surface area contributed by atoms with Crippen LogP contribution in [0.3, 0.4) is 0 Å². The molecular weight excluding hydrogens is 354 g/mol. The van der Waals surface area contributed by atoms with E-state index >= 15 is 0 Å². The van der Waals surface area contributed by atoms with Crippen molar-refractivity contribution >= 4 is 14.2 Å². The van der Waals surface area contributed by atoms with Crippen LogP contribution in [0.25, 0.3) is 11.3 Å². The minimum Gasteiger partial charge on any atom is -0.444 e. The van der Waals surface area contributed by atoms with Gasteiger partial charge in [-0.1, -0.05) is 37.7 Å². The third-order valence-corrected chi connectivity index (χ3v) is 4.37. The summed E-state index contributed by atoms with van der Waals surface area (Å²) in [5, 5.41) is 0. The van der Waals surface area contributed by atoms with E-state index in [0.717, 1.165) is 16.8 Å². The Hall–Kier alpha value is -2.52. The van der Waals surface area contributed by atoms with Crippen molar-refractivity contribution in [3.63, 3.8) is 0 Å². The van der Waals surface area contributed by atoms with Crippen LogP contribution in [0.4, 0.5) is 4.79 Å². The highest BCUT2D eigenvalue weighted by Crippen LogP contribution is 2.18. The molecule has 0 atom stereocenters. The first-order valence-corrected chi connectivity index (χ1v) is 12.5. The maximum atomic E-state index is 12.1. The van der Waals surface area contributed by atoms with E-state index in [-0.39, 0.29) is 6.09 Å². The van der Waals surface area contributed by atoms with Crippen molar-refractivity contribution in [1.82, 2.24) is 14.9 Å². The van der Waals surface area contributed by atoms with E-state index in [1.165, 1.54) is 4.90 Å². The van der Waals surface area contributed by atoms with Crippen LogP contribution in [0.5, 0.6) is 0 Å². The fraction of sp³-hybridized carbons (Fsp3) is 0.429. The molecule has 0 aliphatic heterocycles. The lowest BCUT2D eigenvalue weighted by atomic mass is 10.1. The van der Waals surface area contributed by atoms with Crippen molar-refractivity contribution in [2.75, 3.05) is 7.05 Å². The zero-order valence-electron chi connectivity index (χ0n) is 17.3. The second-order valence-electron chi connectivity index (χ2n) is 8.66. The average Bonchev–Trinajstić information content (AvgIpc) is 2.99. The minimum absolute atomic E-state index is 0.356. The Morgan fingerprint density at radius 3 is 2.41 bits per heavy atom. The summed E-state index contributed by atoms with van der Waals surface area (Å²) in [4.78, 5) is 21.2. The summed E-state index contributed by atoms with van der Waals surface area (Å²) in [7, 11) is 0.323. The summed E-state index contributed by atoms with van der Waals surface area (Å²) in [6.45, 7) is 12.6. The normalized spacial score (nSPS) is 11.5. The smallest absolute Gasteiger partial charge is 0.410 e. The van der Waals surface area contributed by atoms with Gasteiger partial charge in [-0.15, -0.1) is 5.54 Å². The van der Waals surface area contributed by atoms with Gasteiger partial charge in [0.1, 0.15) is 19.5 Å². The van der Waals surface area contributed by atoms with Crippen LogP contribution in [0.1, 0.15) is 32.2 Å². The van der Waals surface area contributed by atoms with Gasteiger partial charge in [0.25, 0.3) is 0 Å². The van der Waals surface area contributed by atoms with Gasteiger partial charge in [-0.25, -0.2) is 9.78 Å². The molecule has 1 N–H and O–H groups in total. The van der Waals surface area contributed by atoms with Crippen LogP contribution in [-0.4, -0.2) is 41.7 Å². The van der Waals surface area contributed by atoms with Crippen LogP contribution < -0.4 is 0 Å². The molecule has 1 heterocycles. The number of nitrogens with one attached hydrogen (secondary N) is 1. The van der Waals surface area contributed by atoms with E-state index in [0.29, 0.717) is 12.4 Å². The number of carbonyl (C=O) groups is 1. The molecule has 5 nitrogen and oxygen atoms in total. The van der Waals surface area contributed by atoms with Crippen molar-refractivity contribution in [2.24, 2.45) is 0 Å². The number of ether oxygens (including phenoxy) is 1. The molecule has 0 spiro atoms. The van der Waals surface area contributed by atoms with Crippen LogP contribution in [-0.2, 0) is 11.3 Å². The molecule has 0 aliphatic rings. The third-order valence-electron chi connectivity index (χ3n) is 3.50. The third kappa shape index (κ3) is 6.95. The molecule has 1 amide bonds. The number of benzene rings is 1. The number of hydrogen-bond donors (Lipinski definition) is 1. The van der Waals surface area contributed by atoms with Gasteiger partial charge in [0.15, 0.2) is 0 Å². The zero-order chi connectivity index (χ0) is 20.2. The maximum Gasteiger partial charge on any atom is 0.410 e. The van der Waals surface area contributed by atoms with Gasteiger partial charge < -0.3 is 14.6 Å². The zero-order valence-corrected chi connectivity index (χ0v) is 18.3. The summed E-state index contributed by atoms with van der Waals surface area (Å²) in [6, 6.07) is 8.11. The average molecular weight is 384 g/mol. The highest BCUT2D eigenvalue weighted by atomic mass is 28.3. The molecule has 0 aliphatic carbocycles. The summed E-state index contributed by atoms with van der Waals surface area (Å²) < 4.78 is 5.36. The van der Waals surface area contributed by atoms with E-state index in [1.807, 2.05) is 45.0 Å². The second-order valence-corrected chi connectivity index (χ2v) is 13.4. The molecule has 0 saturated heterocycles. The molecule has 144 valence electrons. The first kappa shape index (κ1) is 20.8. The molecule has 2 rings (SSSR count). The van der Waals surface area contributed by atoms with Gasteiger partial charge in [-0.05, 0) is 38.5 Å². The SMILES string of the molecule is CN(Cc1ncc(-c2ccc(C#C[Si](C)(C)C)cc2)[nH]1)C(=O)OC(C)(C)C. The van der Waals surface area contributed by atoms with Crippen molar-refractivity contribution in [3.05, 3.63) is 41.9 Å². The molecule has 0 unspecified atom stereocenters.